The van der Waals surface area contributed by atoms with E-state index in [-0.39, 0.29) is 30.0 Å². The number of guanidine groups is 1. The highest BCUT2D eigenvalue weighted by Crippen LogP contribution is 2.24. The second-order valence-corrected chi connectivity index (χ2v) is 7.61. The van der Waals surface area contributed by atoms with Crippen LogP contribution in [0.15, 0.2) is 53.5 Å². The van der Waals surface area contributed by atoms with Gasteiger partial charge in [-0.3, -0.25) is 4.99 Å². The van der Waals surface area contributed by atoms with Crippen molar-refractivity contribution in [1.82, 2.24) is 10.6 Å². The molecule has 164 valence electrons. The molecule has 3 rings (SSSR count). The van der Waals surface area contributed by atoms with E-state index in [1.54, 1.807) is 7.11 Å². The molecule has 1 saturated heterocycles. The lowest BCUT2D eigenvalue weighted by Gasteiger charge is -2.22. The second-order valence-electron chi connectivity index (χ2n) is 7.61. The second kappa shape index (κ2) is 12.7. The van der Waals surface area contributed by atoms with Crippen LogP contribution in [0.25, 0.3) is 0 Å². The van der Waals surface area contributed by atoms with Crippen molar-refractivity contribution < 1.29 is 4.74 Å². The fourth-order valence-corrected chi connectivity index (χ4v) is 3.78. The summed E-state index contributed by atoms with van der Waals surface area (Å²) in [4.78, 5) is 6.86. The van der Waals surface area contributed by atoms with Gasteiger partial charge in [-0.05, 0) is 68.0 Å². The summed E-state index contributed by atoms with van der Waals surface area (Å²) in [6.45, 7) is 5.40. The first kappa shape index (κ1) is 24.3. The molecule has 0 aliphatic carbocycles. The van der Waals surface area contributed by atoms with E-state index in [4.69, 9.17) is 4.74 Å². The van der Waals surface area contributed by atoms with Crippen molar-refractivity contribution in [3.63, 3.8) is 0 Å². The Kier molecular flexibility index (Phi) is 10.3. The Bertz CT molecular complexity index is 805. The standard InChI is InChI=1S/C24H34N4O.HI/c1-19(21-11-7-12-22(18-21)28-15-4-5-16-28)27-24(25-2)26-14-8-10-20-9-6-13-23(17-20)29-3;/h6-7,9,11-13,17-19H,4-5,8,10,14-16H2,1-3H3,(H2,25,26,27);1H. The number of rotatable bonds is 8. The van der Waals surface area contributed by atoms with Crippen LogP contribution in [0.2, 0.25) is 0 Å². The summed E-state index contributed by atoms with van der Waals surface area (Å²) in [6.07, 6.45) is 4.63. The molecular formula is C24H35IN4O. The molecule has 6 heteroatoms. The number of ether oxygens (including phenoxy) is 1. The van der Waals surface area contributed by atoms with E-state index in [1.165, 1.54) is 42.7 Å². The lowest BCUT2D eigenvalue weighted by atomic mass is 10.1. The summed E-state index contributed by atoms with van der Waals surface area (Å²) < 4.78 is 5.30. The van der Waals surface area contributed by atoms with Gasteiger partial charge >= 0.3 is 0 Å². The largest absolute Gasteiger partial charge is 0.497 e. The van der Waals surface area contributed by atoms with E-state index in [1.807, 2.05) is 19.2 Å². The number of hydrogen-bond acceptors (Lipinski definition) is 3. The van der Waals surface area contributed by atoms with Crippen LogP contribution in [-0.2, 0) is 6.42 Å². The molecule has 1 aliphatic heterocycles. The Morgan fingerprint density at radius 1 is 1.13 bits per heavy atom. The molecule has 2 aromatic carbocycles. The monoisotopic (exact) mass is 522 g/mol. The molecule has 2 aromatic rings. The van der Waals surface area contributed by atoms with Gasteiger partial charge in [-0.25, -0.2) is 0 Å². The molecule has 5 nitrogen and oxygen atoms in total. The Hall–Kier alpha value is -1.96. The topological polar surface area (TPSA) is 48.9 Å². The Morgan fingerprint density at radius 3 is 2.63 bits per heavy atom. The van der Waals surface area contributed by atoms with Crippen LogP contribution in [0, 0.1) is 0 Å². The molecule has 1 heterocycles. The lowest BCUT2D eigenvalue weighted by molar-refractivity contribution is 0.414. The minimum Gasteiger partial charge on any atom is -0.497 e. The third kappa shape index (κ3) is 7.07. The number of nitrogens with zero attached hydrogens (tertiary/aromatic N) is 2. The summed E-state index contributed by atoms with van der Waals surface area (Å²) in [7, 11) is 3.53. The maximum absolute atomic E-state index is 5.30. The third-order valence-electron chi connectivity index (χ3n) is 5.49. The van der Waals surface area contributed by atoms with E-state index >= 15 is 0 Å². The maximum Gasteiger partial charge on any atom is 0.191 e. The van der Waals surface area contributed by atoms with Gasteiger partial charge in [0.1, 0.15) is 5.75 Å². The predicted octanol–water partition coefficient (Wildman–Crippen LogP) is 4.77. The van der Waals surface area contributed by atoms with Crippen LogP contribution in [0.4, 0.5) is 5.69 Å². The number of nitrogens with one attached hydrogen (secondary N) is 2. The number of methoxy groups -OCH3 is 1. The third-order valence-corrected chi connectivity index (χ3v) is 5.49. The molecular weight excluding hydrogens is 487 g/mol. The molecule has 0 spiro atoms. The van der Waals surface area contributed by atoms with Crippen molar-refractivity contribution in [2.24, 2.45) is 4.99 Å². The van der Waals surface area contributed by atoms with E-state index < -0.39 is 0 Å². The van der Waals surface area contributed by atoms with Crippen LogP contribution < -0.4 is 20.3 Å². The molecule has 1 unspecified atom stereocenters. The first-order valence-electron chi connectivity index (χ1n) is 10.6. The average molecular weight is 522 g/mol. The van der Waals surface area contributed by atoms with Crippen molar-refractivity contribution >= 4 is 35.6 Å². The highest BCUT2D eigenvalue weighted by atomic mass is 127. The van der Waals surface area contributed by atoms with Gasteiger partial charge in [0.15, 0.2) is 5.96 Å². The maximum atomic E-state index is 5.30. The van der Waals surface area contributed by atoms with E-state index in [9.17, 15) is 0 Å². The zero-order chi connectivity index (χ0) is 20.5. The molecule has 1 atom stereocenters. The van der Waals surface area contributed by atoms with Crippen molar-refractivity contribution in [2.75, 3.05) is 38.7 Å². The number of anilines is 1. The Labute approximate surface area is 198 Å². The van der Waals surface area contributed by atoms with Gasteiger partial charge in [-0.2, -0.15) is 0 Å². The van der Waals surface area contributed by atoms with Crippen molar-refractivity contribution in [3.8, 4) is 5.75 Å². The fraction of sp³-hybridized carbons (Fsp3) is 0.458. The number of halogens is 1. The van der Waals surface area contributed by atoms with Crippen LogP contribution >= 0.6 is 24.0 Å². The first-order chi connectivity index (χ1) is 14.2. The summed E-state index contributed by atoms with van der Waals surface area (Å²) in [5.74, 6) is 1.76. The number of aryl methyl sites for hydroxylation is 1. The zero-order valence-electron chi connectivity index (χ0n) is 18.4. The van der Waals surface area contributed by atoms with Gasteiger partial charge < -0.3 is 20.3 Å². The SMILES string of the molecule is CN=C(NCCCc1cccc(OC)c1)NC(C)c1cccc(N2CCCC2)c1.I. The lowest BCUT2D eigenvalue weighted by Crippen LogP contribution is -2.39. The number of hydrogen-bond donors (Lipinski definition) is 2. The summed E-state index contributed by atoms with van der Waals surface area (Å²) in [5, 5.41) is 6.95. The molecule has 0 radical (unpaired) electrons. The summed E-state index contributed by atoms with van der Waals surface area (Å²) >= 11 is 0. The first-order valence-corrected chi connectivity index (χ1v) is 10.6. The van der Waals surface area contributed by atoms with Crippen LogP contribution in [0.5, 0.6) is 5.75 Å². The molecule has 30 heavy (non-hydrogen) atoms. The van der Waals surface area contributed by atoms with Gasteiger partial charge in [0.2, 0.25) is 0 Å². The van der Waals surface area contributed by atoms with Crippen LogP contribution in [-0.4, -0.2) is 39.8 Å². The summed E-state index contributed by atoms with van der Waals surface area (Å²) in [5.41, 5.74) is 3.91. The molecule has 0 bridgehead atoms. The van der Waals surface area contributed by atoms with Gasteiger partial charge in [-0.1, -0.05) is 24.3 Å². The zero-order valence-corrected chi connectivity index (χ0v) is 20.7. The van der Waals surface area contributed by atoms with Crippen molar-refractivity contribution in [2.45, 2.75) is 38.6 Å². The minimum absolute atomic E-state index is 0. The molecule has 0 aromatic heterocycles. The smallest absolute Gasteiger partial charge is 0.191 e. The van der Waals surface area contributed by atoms with Gasteiger partial charge in [0.25, 0.3) is 0 Å². The highest BCUT2D eigenvalue weighted by molar-refractivity contribution is 14.0. The Balaban J connectivity index is 0.00000320. The molecule has 1 aliphatic rings. The molecule has 1 fully saturated rings. The van der Waals surface area contributed by atoms with Crippen LogP contribution in [0.3, 0.4) is 0 Å². The normalized spacial score (nSPS) is 14.8. The Morgan fingerprint density at radius 2 is 1.90 bits per heavy atom. The molecule has 0 amide bonds. The number of benzene rings is 2. The van der Waals surface area contributed by atoms with Crippen LogP contribution in [0.1, 0.15) is 43.4 Å². The van der Waals surface area contributed by atoms with Gasteiger partial charge in [-0.15, -0.1) is 24.0 Å². The van der Waals surface area contributed by atoms with Crippen molar-refractivity contribution in [3.05, 3.63) is 59.7 Å². The highest BCUT2D eigenvalue weighted by Gasteiger charge is 2.14. The van der Waals surface area contributed by atoms with Crippen molar-refractivity contribution in [1.29, 1.82) is 0 Å². The number of aliphatic imine (C=N–C) groups is 1. The van der Waals surface area contributed by atoms with E-state index in [0.717, 1.165) is 31.1 Å². The average Bonchev–Trinajstić information content (AvgIpc) is 3.31. The predicted molar refractivity (Wildman–Crippen MR) is 138 cm³/mol. The van der Waals surface area contributed by atoms with E-state index in [2.05, 4.69) is 63.8 Å². The minimum atomic E-state index is 0. The van der Waals surface area contributed by atoms with E-state index in [0.29, 0.717) is 0 Å². The summed E-state index contributed by atoms with van der Waals surface area (Å²) in [6, 6.07) is 17.3. The quantitative estimate of drug-likeness (QED) is 0.227. The molecule has 2 N–H and O–H groups in total. The molecule has 0 saturated carbocycles. The van der Waals surface area contributed by atoms with Gasteiger partial charge in [0, 0.05) is 32.4 Å². The fourth-order valence-electron chi connectivity index (χ4n) is 3.78. The van der Waals surface area contributed by atoms with Gasteiger partial charge in [0.05, 0.1) is 13.2 Å².